The summed E-state index contributed by atoms with van der Waals surface area (Å²) >= 11 is 0. The molecule has 174 valence electrons. The van der Waals surface area contributed by atoms with E-state index in [9.17, 15) is 14.9 Å². The number of hydrogen-bond donors (Lipinski definition) is 1. The molecule has 0 saturated heterocycles. The molecule has 0 amide bonds. The molecule has 3 atom stereocenters. The second-order valence-corrected chi connectivity index (χ2v) is 10.1. The fourth-order valence-corrected chi connectivity index (χ4v) is 6.12. The first-order valence-corrected chi connectivity index (χ1v) is 11.6. The second-order valence-electron chi connectivity index (χ2n) is 10.1. The first-order chi connectivity index (χ1) is 16.6. The number of ketones is 2. The molecule has 5 rings (SSSR count). The Morgan fingerprint density at radius 1 is 1.14 bits per heavy atom. The second kappa shape index (κ2) is 8.57. The van der Waals surface area contributed by atoms with Crippen molar-refractivity contribution in [3.8, 4) is 17.9 Å². The van der Waals surface area contributed by atoms with Gasteiger partial charge in [-0.2, -0.15) is 5.26 Å². The predicted molar refractivity (Wildman–Crippen MR) is 135 cm³/mol. The lowest BCUT2D eigenvalue weighted by Gasteiger charge is -2.56. The monoisotopic (exact) mass is 461 g/mol. The minimum atomic E-state index is -0.696. The van der Waals surface area contributed by atoms with Gasteiger partial charge in [0.2, 0.25) is 5.70 Å². The maximum absolute atomic E-state index is 12.8. The van der Waals surface area contributed by atoms with Crippen LogP contribution in [0.2, 0.25) is 0 Å². The van der Waals surface area contributed by atoms with Crippen molar-refractivity contribution in [2.45, 2.75) is 40.5 Å². The van der Waals surface area contributed by atoms with Gasteiger partial charge >= 0.3 is 0 Å². The molecule has 3 aliphatic rings. The van der Waals surface area contributed by atoms with Gasteiger partial charge in [-0.1, -0.05) is 51.0 Å². The molecule has 35 heavy (non-hydrogen) atoms. The van der Waals surface area contributed by atoms with Crippen LogP contribution in [0.1, 0.15) is 40.5 Å². The van der Waals surface area contributed by atoms with Gasteiger partial charge in [-0.15, -0.1) is 5.92 Å². The van der Waals surface area contributed by atoms with Crippen molar-refractivity contribution in [3.05, 3.63) is 83.0 Å². The van der Waals surface area contributed by atoms with Crippen molar-refractivity contribution < 1.29 is 9.59 Å². The molecule has 0 bridgehead atoms. The van der Waals surface area contributed by atoms with Gasteiger partial charge < -0.3 is 9.78 Å². The van der Waals surface area contributed by atoms with Gasteiger partial charge in [0.25, 0.3) is 0 Å². The number of fused-ring (bicyclic) bond motifs is 4. The molecule has 1 fully saturated rings. The number of Topliss-reactive ketones (excluding diaryl/α,β-unsaturated/α-hetero) is 1. The lowest BCUT2D eigenvalue weighted by atomic mass is 9.46. The molecule has 5 heteroatoms. The topological polar surface area (TPSA) is 78.1 Å². The molecule has 3 aliphatic carbocycles. The molecular formula is C30H27N3O2. The summed E-state index contributed by atoms with van der Waals surface area (Å²) in [4.78, 5) is 31.8. The van der Waals surface area contributed by atoms with Crippen LogP contribution >= 0.6 is 0 Å². The number of aromatic nitrogens is 1. The van der Waals surface area contributed by atoms with Crippen LogP contribution in [0.4, 0.5) is 0 Å². The lowest BCUT2D eigenvalue weighted by Crippen LogP contribution is -2.53. The van der Waals surface area contributed by atoms with Crippen LogP contribution in [-0.2, 0) is 9.59 Å². The Morgan fingerprint density at radius 2 is 1.89 bits per heavy atom. The molecule has 0 aliphatic heterocycles. The van der Waals surface area contributed by atoms with E-state index >= 15 is 0 Å². The zero-order chi connectivity index (χ0) is 25.4. The SMILES string of the molecule is [C-]#[N+]C1=CC2(C)C3=CC(=O)C(C#N)=CC3(C#CC)CCC2C(C)(C)C1=O.c1ccc2[nH]ccc2c1. The summed E-state index contributed by atoms with van der Waals surface area (Å²) < 4.78 is 0. The molecular weight excluding hydrogens is 434 g/mol. The van der Waals surface area contributed by atoms with E-state index in [1.807, 2.05) is 45.2 Å². The molecule has 2 aromatic rings. The minimum Gasteiger partial charge on any atom is -0.361 e. The van der Waals surface area contributed by atoms with Crippen LogP contribution in [0, 0.1) is 51.9 Å². The quantitative estimate of drug-likeness (QED) is 0.389. The Hall–Kier alpha value is -4.14. The molecule has 0 radical (unpaired) electrons. The lowest BCUT2D eigenvalue weighted by molar-refractivity contribution is -0.130. The summed E-state index contributed by atoms with van der Waals surface area (Å²) in [6.07, 6.45) is 8.28. The molecule has 1 heterocycles. The summed E-state index contributed by atoms with van der Waals surface area (Å²) in [6, 6.07) is 12.3. The Morgan fingerprint density at radius 3 is 2.54 bits per heavy atom. The minimum absolute atomic E-state index is 0.0316. The number of para-hydroxylation sites is 1. The highest BCUT2D eigenvalue weighted by Crippen LogP contribution is 2.63. The fourth-order valence-electron chi connectivity index (χ4n) is 6.12. The maximum Gasteiger partial charge on any atom is 0.226 e. The Bertz CT molecular complexity index is 1440. The van der Waals surface area contributed by atoms with E-state index in [2.05, 4.69) is 39.9 Å². The van der Waals surface area contributed by atoms with E-state index in [0.717, 1.165) is 12.0 Å². The largest absolute Gasteiger partial charge is 0.361 e. The van der Waals surface area contributed by atoms with E-state index in [1.54, 1.807) is 19.1 Å². The van der Waals surface area contributed by atoms with E-state index in [-0.39, 0.29) is 28.8 Å². The number of aromatic amines is 1. The fraction of sp³-hybridized carbons (Fsp3) is 0.333. The van der Waals surface area contributed by atoms with Gasteiger partial charge in [0, 0.05) is 22.5 Å². The molecule has 1 aromatic heterocycles. The Kier molecular flexibility index (Phi) is 5.88. The van der Waals surface area contributed by atoms with Gasteiger partial charge in [-0.3, -0.25) is 4.79 Å². The summed E-state index contributed by atoms with van der Waals surface area (Å²) in [7, 11) is 0. The molecule has 5 nitrogen and oxygen atoms in total. The number of nitrogens with zero attached hydrogens (tertiary/aromatic N) is 2. The van der Waals surface area contributed by atoms with Crippen LogP contribution < -0.4 is 0 Å². The molecule has 1 aromatic carbocycles. The standard InChI is InChI=1S/C22H20N2O2.C8H7N/c1-6-8-22-9-7-17-20(2,3)19(26)15(24-5)12-21(17,4)18(22)10-16(25)14(11-22)13-23;1-2-4-8-7(3-1)5-6-9-8/h10-12,17H,7,9H2,1-4H3;1-6,9H. The van der Waals surface area contributed by atoms with Crippen molar-refractivity contribution in [2.75, 3.05) is 0 Å². The van der Waals surface area contributed by atoms with E-state index in [0.29, 0.717) is 6.42 Å². The number of H-pyrrole nitrogens is 1. The van der Waals surface area contributed by atoms with Crippen molar-refractivity contribution in [1.29, 1.82) is 5.26 Å². The molecule has 1 saturated carbocycles. The third-order valence-electron chi connectivity index (χ3n) is 7.72. The van der Waals surface area contributed by atoms with Crippen molar-refractivity contribution in [3.63, 3.8) is 0 Å². The van der Waals surface area contributed by atoms with Crippen molar-refractivity contribution >= 4 is 22.5 Å². The zero-order valence-electron chi connectivity index (χ0n) is 20.4. The number of carbonyl (C=O) groups is 2. The zero-order valence-corrected chi connectivity index (χ0v) is 20.4. The van der Waals surface area contributed by atoms with Gasteiger partial charge in [0.05, 0.1) is 17.6 Å². The van der Waals surface area contributed by atoms with E-state index in [1.165, 1.54) is 17.0 Å². The van der Waals surface area contributed by atoms with Crippen LogP contribution in [0.25, 0.3) is 15.7 Å². The van der Waals surface area contributed by atoms with Crippen LogP contribution in [0.15, 0.2) is 71.6 Å². The van der Waals surface area contributed by atoms with Gasteiger partial charge in [0.1, 0.15) is 6.07 Å². The highest BCUT2D eigenvalue weighted by Gasteiger charge is 2.59. The number of nitriles is 1. The summed E-state index contributed by atoms with van der Waals surface area (Å²) in [5.74, 6) is 5.68. The molecule has 3 unspecified atom stereocenters. The van der Waals surface area contributed by atoms with Gasteiger partial charge in [0.15, 0.2) is 11.6 Å². The van der Waals surface area contributed by atoms with E-state index < -0.39 is 16.2 Å². The number of nitrogens with one attached hydrogen (secondary N) is 1. The summed E-state index contributed by atoms with van der Waals surface area (Å²) in [5.41, 5.74) is 0.222. The van der Waals surface area contributed by atoms with Gasteiger partial charge in [-0.05, 0) is 60.9 Å². The third-order valence-corrected chi connectivity index (χ3v) is 7.72. The smallest absolute Gasteiger partial charge is 0.226 e. The number of hydrogen-bond acceptors (Lipinski definition) is 3. The number of allylic oxidation sites excluding steroid dienone is 6. The van der Waals surface area contributed by atoms with Crippen LogP contribution in [0.3, 0.4) is 0 Å². The number of carbonyl (C=O) groups excluding carboxylic acids is 2. The third kappa shape index (κ3) is 3.73. The van der Waals surface area contributed by atoms with Crippen molar-refractivity contribution in [1.82, 2.24) is 4.98 Å². The van der Waals surface area contributed by atoms with Crippen LogP contribution in [0.5, 0.6) is 0 Å². The average Bonchev–Trinajstić information content (AvgIpc) is 3.32. The highest BCUT2D eigenvalue weighted by molar-refractivity contribution is 6.09. The molecule has 1 N–H and O–H groups in total. The normalized spacial score (nSPS) is 28.3. The summed E-state index contributed by atoms with van der Waals surface area (Å²) in [5, 5.41) is 10.6. The number of rotatable bonds is 0. The van der Waals surface area contributed by atoms with Crippen molar-refractivity contribution in [2.24, 2.45) is 22.2 Å². The van der Waals surface area contributed by atoms with Crippen LogP contribution in [-0.4, -0.2) is 16.6 Å². The van der Waals surface area contributed by atoms with E-state index in [4.69, 9.17) is 6.57 Å². The molecule has 0 spiro atoms. The Balaban J connectivity index is 0.000000266. The highest BCUT2D eigenvalue weighted by atomic mass is 16.1. The number of benzene rings is 1. The maximum atomic E-state index is 12.8. The Labute approximate surface area is 206 Å². The average molecular weight is 462 g/mol. The predicted octanol–water partition coefficient (Wildman–Crippen LogP) is 5.95. The van der Waals surface area contributed by atoms with Gasteiger partial charge in [-0.25, -0.2) is 4.85 Å². The first kappa shape index (κ1) is 24.0. The first-order valence-electron chi connectivity index (χ1n) is 11.6. The summed E-state index contributed by atoms with van der Waals surface area (Å²) in [6.45, 7) is 14.9.